The van der Waals surface area contributed by atoms with Crippen LogP contribution < -0.4 is 0 Å². The number of nitrogens with one attached hydrogen (secondary N) is 1. The topological polar surface area (TPSA) is 62.4 Å². The first-order valence-corrected chi connectivity index (χ1v) is 5.65. The van der Waals surface area contributed by atoms with Crippen LogP contribution in [0.5, 0.6) is 0 Å². The van der Waals surface area contributed by atoms with E-state index in [9.17, 15) is 9.59 Å². The van der Waals surface area contributed by atoms with Crippen LogP contribution in [0.2, 0.25) is 10.2 Å². The van der Waals surface area contributed by atoms with Gasteiger partial charge in [0, 0.05) is 6.54 Å². The van der Waals surface area contributed by atoms with Gasteiger partial charge in [0.25, 0.3) is 5.91 Å². The summed E-state index contributed by atoms with van der Waals surface area (Å²) in [6, 6.07) is 1.42. The van der Waals surface area contributed by atoms with Crippen molar-refractivity contribution in [2.45, 2.75) is 6.92 Å². The van der Waals surface area contributed by atoms with Crippen molar-refractivity contribution in [1.82, 2.24) is 9.88 Å². The standard InChI is InChI=1S/C10H12Cl2N2O3/c1-3-14(5-8(15)17-2)10(16)7-4-6(11)9(12)13-7/h4,13H,3,5H2,1-2H3. The second-order valence-corrected chi connectivity index (χ2v) is 4.03. The summed E-state index contributed by atoms with van der Waals surface area (Å²) < 4.78 is 4.50. The summed E-state index contributed by atoms with van der Waals surface area (Å²) in [5, 5.41) is 0.466. The van der Waals surface area contributed by atoms with Crippen LogP contribution >= 0.6 is 23.2 Å². The first-order valence-electron chi connectivity index (χ1n) is 4.89. The van der Waals surface area contributed by atoms with Crippen LogP contribution in [0.3, 0.4) is 0 Å². The molecule has 1 rings (SSSR count). The number of halogens is 2. The van der Waals surface area contributed by atoms with E-state index in [1.165, 1.54) is 18.1 Å². The summed E-state index contributed by atoms with van der Waals surface area (Å²) in [6.45, 7) is 2.02. The fourth-order valence-corrected chi connectivity index (χ4v) is 1.55. The van der Waals surface area contributed by atoms with Crippen molar-refractivity contribution in [3.05, 3.63) is 21.9 Å². The lowest BCUT2D eigenvalue weighted by atomic mass is 10.3. The fraction of sp³-hybridized carbons (Fsp3) is 0.400. The van der Waals surface area contributed by atoms with Gasteiger partial charge in [-0.2, -0.15) is 0 Å². The number of aromatic nitrogens is 1. The Hall–Kier alpha value is -1.20. The van der Waals surface area contributed by atoms with Gasteiger partial charge in [-0.25, -0.2) is 0 Å². The van der Waals surface area contributed by atoms with E-state index >= 15 is 0 Å². The van der Waals surface area contributed by atoms with Crippen molar-refractivity contribution in [3.8, 4) is 0 Å². The third-order valence-electron chi connectivity index (χ3n) is 2.17. The number of carbonyl (C=O) groups excluding carboxylic acids is 2. The zero-order valence-corrected chi connectivity index (χ0v) is 10.9. The predicted octanol–water partition coefficient (Wildman–Crippen LogP) is 1.96. The Morgan fingerprint density at radius 2 is 2.12 bits per heavy atom. The molecular formula is C10H12Cl2N2O3. The average molecular weight is 279 g/mol. The quantitative estimate of drug-likeness (QED) is 0.857. The summed E-state index contributed by atoms with van der Waals surface area (Å²) in [6.07, 6.45) is 0. The Labute approximate surface area is 109 Å². The van der Waals surface area contributed by atoms with E-state index in [-0.39, 0.29) is 28.3 Å². The number of hydrogen-bond donors (Lipinski definition) is 1. The highest BCUT2D eigenvalue weighted by atomic mass is 35.5. The van der Waals surface area contributed by atoms with E-state index in [1.54, 1.807) is 6.92 Å². The number of rotatable bonds is 4. The molecule has 94 valence electrons. The molecule has 0 radical (unpaired) electrons. The molecule has 0 aliphatic rings. The van der Waals surface area contributed by atoms with E-state index in [0.29, 0.717) is 6.54 Å². The molecular weight excluding hydrogens is 267 g/mol. The highest BCUT2D eigenvalue weighted by molar-refractivity contribution is 6.41. The zero-order chi connectivity index (χ0) is 13.0. The van der Waals surface area contributed by atoms with Crippen molar-refractivity contribution in [3.63, 3.8) is 0 Å². The lowest BCUT2D eigenvalue weighted by molar-refractivity contribution is -0.141. The average Bonchev–Trinajstić information content (AvgIpc) is 2.65. The van der Waals surface area contributed by atoms with Gasteiger partial charge in [0.15, 0.2) is 0 Å². The summed E-state index contributed by atoms with van der Waals surface area (Å²) in [4.78, 5) is 27.0. The number of methoxy groups -OCH3 is 1. The largest absolute Gasteiger partial charge is 0.468 e. The predicted molar refractivity (Wildman–Crippen MR) is 64.4 cm³/mol. The zero-order valence-electron chi connectivity index (χ0n) is 9.42. The van der Waals surface area contributed by atoms with Gasteiger partial charge < -0.3 is 14.6 Å². The molecule has 1 N–H and O–H groups in total. The van der Waals surface area contributed by atoms with E-state index < -0.39 is 5.97 Å². The van der Waals surface area contributed by atoms with Crippen molar-refractivity contribution in [2.75, 3.05) is 20.2 Å². The van der Waals surface area contributed by atoms with Crippen molar-refractivity contribution < 1.29 is 14.3 Å². The van der Waals surface area contributed by atoms with Gasteiger partial charge in [-0.1, -0.05) is 23.2 Å². The third kappa shape index (κ3) is 3.38. The first kappa shape index (κ1) is 13.9. The first-order chi connectivity index (χ1) is 7.99. The molecule has 0 bridgehead atoms. The number of ether oxygens (including phenoxy) is 1. The minimum absolute atomic E-state index is 0.111. The minimum atomic E-state index is -0.482. The highest BCUT2D eigenvalue weighted by Crippen LogP contribution is 2.22. The molecule has 1 aromatic heterocycles. The van der Waals surface area contributed by atoms with Crippen LogP contribution in [0, 0.1) is 0 Å². The number of carbonyl (C=O) groups is 2. The Kier molecular flexibility index (Phi) is 4.84. The molecule has 17 heavy (non-hydrogen) atoms. The molecule has 0 spiro atoms. The number of nitrogens with zero attached hydrogens (tertiary/aromatic N) is 1. The van der Waals surface area contributed by atoms with Gasteiger partial charge in [-0.3, -0.25) is 9.59 Å². The maximum atomic E-state index is 12.0. The SMILES string of the molecule is CCN(CC(=O)OC)C(=O)c1cc(Cl)c(Cl)[nH]1. The molecule has 0 aliphatic carbocycles. The molecule has 5 nitrogen and oxygen atoms in total. The van der Waals surface area contributed by atoms with Crippen LogP contribution in [0.4, 0.5) is 0 Å². The summed E-state index contributed by atoms with van der Waals surface area (Å²) in [5.74, 6) is -0.837. The van der Waals surface area contributed by atoms with Crippen molar-refractivity contribution >= 4 is 35.1 Å². The smallest absolute Gasteiger partial charge is 0.325 e. The van der Waals surface area contributed by atoms with Crippen molar-refractivity contribution in [2.24, 2.45) is 0 Å². The van der Waals surface area contributed by atoms with Gasteiger partial charge in [0.2, 0.25) is 0 Å². The van der Waals surface area contributed by atoms with Gasteiger partial charge in [0.05, 0.1) is 12.1 Å². The normalized spacial score (nSPS) is 10.1. The number of esters is 1. The molecule has 1 heterocycles. The summed E-state index contributed by atoms with van der Waals surface area (Å²) >= 11 is 11.4. The van der Waals surface area contributed by atoms with Crippen LogP contribution in [0.1, 0.15) is 17.4 Å². The number of likely N-dealkylation sites (N-methyl/N-ethyl adjacent to an activating group) is 1. The summed E-state index contributed by atoms with van der Waals surface area (Å²) in [5.41, 5.74) is 0.241. The number of amides is 1. The second-order valence-electron chi connectivity index (χ2n) is 3.24. The van der Waals surface area contributed by atoms with Gasteiger partial charge in [-0.05, 0) is 13.0 Å². The lowest BCUT2D eigenvalue weighted by Crippen LogP contribution is -2.36. The molecule has 7 heteroatoms. The maximum Gasteiger partial charge on any atom is 0.325 e. The van der Waals surface area contributed by atoms with E-state index in [1.807, 2.05) is 0 Å². The molecule has 1 aromatic rings. The van der Waals surface area contributed by atoms with E-state index in [0.717, 1.165) is 0 Å². The molecule has 0 saturated carbocycles. The van der Waals surface area contributed by atoms with E-state index in [2.05, 4.69) is 9.72 Å². The maximum absolute atomic E-state index is 12.0. The van der Waals surface area contributed by atoms with Crippen LogP contribution in [0.25, 0.3) is 0 Å². The van der Waals surface area contributed by atoms with Gasteiger partial charge in [-0.15, -0.1) is 0 Å². The molecule has 0 aromatic carbocycles. The van der Waals surface area contributed by atoms with Crippen LogP contribution in [-0.2, 0) is 9.53 Å². The fourth-order valence-electron chi connectivity index (χ4n) is 1.24. The van der Waals surface area contributed by atoms with Gasteiger partial charge >= 0.3 is 5.97 Å². The third-order valence-corrected chi connectivity index (χ3v) is 2.87. The Morgan fingerprint density at radius 3 is 2.53 bits per heavy atom. The Balaban J connectivity index is 2.82. The monoisotopic (exact) mass is 278 g/mol. The molecule has 0 aliphatic heterocycles. The highest BCUT2D eigenvalue weighted by Gasteiger charge is 2.20. The lowest BCUT2D eigenvalue weighted by Gasteiger charge is -2.18. The number of hydrogen-bond acceptors (Lipinski definition) is 3. The Morgan fingerprint density at radius 1 is 1.47 bits per heavy atom. The van der Waals surface area contributed by atoms with Crippen LogP contribution in [0.15, 0.2) is 6.07 Å². The molecule has 0 atom stereocenters. The second kappa shape index (κ2) is 5.93. The number of H-pyrrole nitrogens is 1. The molecule has 0 unspecified atom stereocenters. The van der Waals surface area contributed by atoms with E-state index in [4.69, 9.17) is 23.2 Å². The van der Waals surface area contributed by atoms with Crippen LogP contribution in [-0.4, -0.2) is 42.0 Å². The van der Waals surface area contributed by atoms with Crippen molar-refractivity contribution in [1.29, 1.82) is 0 Å². The molecule has 0 fully saturated rings. The number of aromatic amines is 1. The van der Waals surface area contributed by atoms with Gasteiger partial charge in [0.1, 0.15) is 17.4 Å². The molecule has 0 saturated heterocycles. The Bertz CT molecular complexity index is 412. The minimum Gasteiger partial charge on any atom is -0.468 e. The molecule has 1 amide bonds. The summed E-state index contributed by atoms with van der Waals surface area (Å²) in [7, 11) is 1.27.